The highest BCUT2D eigenvalue weighted by Gasteiger charge is 2.01. The number of nitrogens with one attached hydrogen (secondary N) is 3. The molecule has 0 radical (unpaired) electrons. The summed E-state index contributed by atoms with van der Waals surface area (Å²) in [6, 6.07) is 3.75. The van der Waals surface area contributed by atoms with Crippen LogP contribution in [0.5, 0.6) is 0 Å². The van der Waals surface area contributed by atoms with E-state index in [-0.39, 0.29) is 0 Å². The van der Waals surface area contributed by atoms with Gasteiger partial charge in [-0.05, 0) is 12.1 Å². The fourth-order valence-corrected chi connectivity index (χ4v) is 1.17. The third-order valence-electron chi connectivity index (χ3n) is 1.72. The predicted octanol–water partition coefficient (Wildman–Crippen LogP) is 0.636. The van der Waals surface area contributed by atoms with E-state index in [9.17, 15) is 4.79 Å². The molecular weight excluding hydrogens is 168 g/mol. The Balaban J connectivity index is 2.40. The lowest BCUT2D eigenvalue weighted by molar-refractivity contribution is -0.109. The van der Waals surface area contributed by atoms with Gasteiger partial charge in [-0.3, -0.25) is 15.6 Å². The van der Waals surface area contributed by atoms with Crippen molar-refractivity contribution in [3.05, 3.63) is 24.5 Å². The van der Waals surface area contributed by atoms with Gasteiger partial charge in [-0.15, -0.1) is 0 Å². The quantitative estimate of drug-likeness (QED) is 0.474. The highest BCUT2D eigenvalue weighted by Crippen LogP contribution is 2.19. The predicted molar refractivity (Wildman–Crippen MR) is 48.9 cm³/mol. The topological polar surface area (TPSA) is 69.8 Å². The zero-order valence-electron chi connectivity index (χ0n) is 6.74. The molecule has 0 unspecified atom stereocenters. The first-order chi connectivity index (χ1) is 6.42. The molecule has 0 saturated carbocycles. The van der Waals surface area contributed by atoms with Crippen LogP contribution in [0, 0.1) is 0 Å². The van der Waals surface area contributed by atoms with Crippen molar-refractivity contribution in [3.8, 4) is 0 Å². The Morgan fingerprint density at radius 2 is 2.46 bits per heavy atom. The molecule has 0 atom stereocenters. The first-order valence-electron chi connectivity index (χ1n) is 3.79. The third-order valence-corrected chi connectivity index (χ3v) is 1.72. The number of amides is 1. The number of hydrazine groups is 1. The van der Waals surface area contributed by atoms with Gasteiger partial charge < -0.3 is 4.98 Å². The third kappa shape index (κ3) is 1.31. The average molecular weight is 176 g/mol. The summed E-state index contributed by atoms with van der Waals surface area (Å²) in [4.78, 5) is 17.1. The second-order valence-corrected chi connectivity index (χ2v) is 2.49. The number of H-pyrrole nitrogens is 1. The second-order valence-electron chi connectivity index (χ2n) is 2.49. The number of aromatic nitrogens is 2. The highest BCUT2D eigenvalue weighted by molar-refractivity contribution is 5.89. The largest absolute Gasteiger partial charge is 0.344 e. The summed E-state index contributed by atoms with van der Waals surface area (Å²) in [5, 5.41) is 0.942. The lowest BCUT2D eigenvalue weighted by Gasteiger charge is -1.99. The van der Waals surface area contributed by atoms with Crippen molar-refractivity contribution in [1.82, 2.24) is 15.4 Å². The van der Waals surface area contributed by atoms with Crippen LogP contribution < -0.4 is 10.9 Å². The Bertz CT molecular complexity index is 423. The molecule has 2 rings (SSSR count). The van der Waals surface area contributed by atoms with Crippen molar-refractivity contribution in [1.29, 1.82) is 0 Å². The summed E-state index contributed by atoms with van der Waals surface area (Å²) < 4.78 is 0. The first-order valence-corrected chi connectivity index (χ1v) is 3.79. The number of anilines is 1. The van der Waals surface area contributed by atoms with Crippen LogP contribution in [-0.4, -0.2) is 16.4 Å². The monoisotopic (exact) mass is 176 g/mol. The summed E-state index contributed by atoms with van der Waals surface area (Å²) in [5.41, 5.74) is 6.68. The molecule has 0 spiro atoms. The number of aromatic amines is 1. The maximum Gasteiger partial charge on any atom is 0.225 e. The van der Waals surface area contributed by atoms with Gasteiger partial charge in [-0.25, -0.2) is 4.98 Å². The highest BCUT2D eigenvalue weighted by atomic mass is 16.1. The minimum Gasteiger partial charge on any atom is -0.344 e. The lowest BCUT2D eigenvalue weighted by atomic mass is 10.3. The van der Waals surface area contributed by atoms with Crippen LogP contribution in [0.3, 0.4) is 0 Å². The Morgan fingerprint density at radius 3 is 3.31 bits per heavy atom. The Kier molecular flexibility index (Phi) is 1.84. The normalized spacial score (nSPS) is 9.85. The lowest BCUT2D eigenvalue weighted by Crippen LogP contribution is -2.18. The van der Waals surface area contributed by atoms with Gasteiger partial charge in [0.25, 0.3) is 0 Å². The number of carbonyl (C=O) groups is 1. The van der Waals surface area contributed by atoms with Gasteiger partial charge in [-0.2, -0.15) is 0 Å². The van der Waals surface area contributed by atoms with Crippen molar-refractivity contribution in [3.63, 3.8) is 0 Å². The van der Waals surface area contributed by atoms with E-state index in [0.29, 0.717) is 6.41 Å². The molecular formula is C8H8N4O. The molecule has 2 aromatic heterocycles. The van der Waals surface area contributed by atoms with Gasteiger partial charge in [0.15, 0.2) is 0 Å². The van der Waals surface area contributed by atoms with Gasteiger partial charge in [0.05, 0.1) is 5.69 Å². The average Bonchev–Trinajstić information content (AvgIpc) is 2.58. The van der Waals surface area contributed by atoms with Gasteiger partial charge in [-0.1, -0.05) is 0 Å². The van der Waals surface area contributed by atoms with E-state index in [4.69, 9.17) is 0 Å². The molecule has 3 N–H and O–H groups in total. The van der Waals surface area contributed by atoms with Gasteiger partial charge in [0.1, 0.15) is 5.65 Å². The molecule has 2 heterocycles. The van der Waals surface area contributed by atoms with Gasteiger partial charge >= 0.3 is 0 Å². The summed E-state index contributed by atoms with van der Waals surface area (Å²) in [6.45, 7) is 0. The molecule has 5 nitrogen and oxygen atoms in total. The molecule has 0 fully saturated rings. The van der Waals surface area contributed by atoms with E-state index in [1.807, 2.05) is 12.1 Å². The number of hydrogen-bond donors (Lipinski definition) is 3. The SMILES string of the molecule is O=CNNc1c[nH]c2ncccc12. The summed E-state index contributed by atoms with van der Waals surface area (Å²) in [5.74, 6) is 0. The van der Waals surface area contributed by atoms with Crippen LogP contribution in [0.15, 0.2) is 24.5 Å². The number of rotatable bonds is 3. The van der Waals surface area contributed by atoms with E-state index in [1.54, 1.807) is 12.4 Å². The van der Waals surface area contributed by atoms with Crippen molar-refractivity contribution in [2.24, 2.45) is 0 Å². The second kappa shape index (κ2) is 3.14. The van der Waals surface area contributed by atoms with Gasteiger partial charge in [0.2, 0.25) is 6.41 Å². The van der Waals surface area contributed by atoms with Crippen LogP contribution in [0.2, 0.25) is 0 Å². The van der Waals surface area contributed by atoms with Crippen molar-refractivity contribution in [2.75, 3.05) is 5.43 Å². The number of carbonyl (C=O) groups excluding carboxylic acids is 1. The fraction of sp³-hybridized carbons (Fsp3) is 0. The summed E-state index contributed by atoms with van der Waals surface area (Å²) in [6.07, 6.45) is 4.03. The Hall–Kier alpha value is -2.04. The van der Waals surface area contributed by atoms with Crippen molar-refractivity contribution < 1.29 is 4.79 Å². The van der Waals surface area contributed by atoms with E-state index in [0.717, 1.165) is 16.7 Å². The number of nitrogens with zero attached hydrogens (tertiary/aromatic N) is 1. The molecule has 0 aliphatic rings. The molecule has 0 aliphatic carbocycles. The van der Waals surface area contributed by atoms with Crippen LogP contribution in [-0.2, 0) is 4.79 Å². The van der Waals surface area contributed by atoms with E-state index in [1.165, 1.54) is 0 Å². The van der Waals surface area contributed by atoms with Crippen LogP contribution >= 0.6 is 0 Å². The van der Waals surface area contributed by atoms with Crippen LogP contribution in [0.4, 0.5) is 5.69 Å². The number of hydrogen-bond acceptors (Lipinski definition) is 3. The van der Waals surface area contributed by atoms with Crippen LogP contribution in [0.25, 0.3) is 11.0 Å². The minimum atomic E-state index is 0.579. The molecule has 0 bridgehead atoms. The van der Waals surface area contributed by atoms with Crippen LogP contribution in [0.1, 0.15) is 0 Å². The van der Waals surface area contributed by atoms with Crippen molar-refractivity contribution in [2.45, 2.75) is 0 Å². The standard InChI is InChI=1S/C8H8N4O/c13-5-11-12-7-4-10-8-6(7)2-1-3-9-8/h1-5,12H,(H,9,10)(H,11,13). The molecule has 2 aromatic rings. The maximum atomic E-state index is 10.0. The molecule has 0 saturated heterocycles. The Morgan fingerprint density at radius 1 is 1.54 bits per heavy atom. The molecule has 0 aliphatic heterocycles. The van der Waals surface area contributed by atoms with E-state index >= 15 is 0 Å². The summed E-state index contributed by atoms with van der Waals surface area (Å²) >= 11 is 0. The Labute approximate surface area is 74.1 Å². The molecule has 1 amide bonds. The zero-order chi connectivity index (χ0) is 9.10. The zero-order valence-corrected chi connectivity index (χ0v) is 6.74. The number of pyridine rings is 1. The van der Waals surface area contributed by atoms with E-state index in [2.05, 4.69) is 20.8 Å². The molecule has 0 aromatic carbocycles. The van der Waals surface area contributed by atoms with Gasteiger partial charge in [0, 0.05) is 17.8 Å². The smallest absolute Gasteiger partial charge is 0.225 e. The molecule has 66 valence electrons. The molecule has 5 heteroatoms. The summed E-state index contributed by atoms with van der Waals surface area (Å²) in [7, 11) is 0. The first kappa shape index (κ1) is 7.60. The molecule has 13 heavy (non-hydrogen) atoms. The number of fused-ring (bicyclic) bond motifs is 1. The fourth-order valence-electron chi connectivity index (χ4n) is 1.17. The van der Waals surface area contributed by atoms with E-state index < -0.39 is 0 Å². The maximum absolute atomic E-state index is 10.0. The van der Waals surface area contributed by atoms with Crippen molar-refractivity contribution >= 4 is 23.1 Å². The minimum absolute atomic E-state index is 0.579.